The maximum Gasteiger partial charge on any atom is 0.0812 e. The van der Waals surface area contributed by atoms with Crippen LogP contribution >= 0.6 is 0 Å². The van der Waals surface area contributed by atoms with Crippen molar-refractivity contribution in [2.24, 2.45) is 7.05 Å². The van der Waals surface area contributed by atoms with Gasteiger partial charge in [0.1, 0.15) is 0 Å². The third-order valence-electron chi connectivity index (χ3n) is 4.48. The molecule has 102 valence electrons. The highest BCUT2D eigenvalue weighted by molar-refractivity contribution is 5.13. The Labute approximate surface area is 110 Å². The van der Waals surface area contributed by atoms with Gasteiger partial charge >= 0.3 is 0 Å². The van der Waals surface area contributed by atoms with Gasteiger partial charge in [-0.3, -0.25) is 9.58 Å². The molecule has 0 saturated carbocycles. The molecule has 0 aromatic carbocycles. The van der Waals surface area contributed by atoms with Crippen LogP contribution in [-0.2, 0) is 7.05 Å². The molecule has 1 aromatic heterocycles. The summed E-state index contributed by atoms with van der Waals surface area (Å²) in [7, 11) is 4.03. The fourth-order valence-electron chi connectivity index (χ4n) is 3.20. The van der Waals surface area contributed by atoms with Gasteiger partial charge in [-0.25, -0.2) is 0 Å². The maximum atomic E-state index is 4.59. The molecule has 1 saturated heterocycles. The molecule has 0 bridgehead atoms. The maximum absolute atomic E-state index is 4.59. The predicted molar refractivity (Wildman–Crippen MR) is 74.5 cm³/mol. The number of nitrogens with zero attached hydrogens (tertiary/aromatic N) is 3. The van der Waals surface area contributed by atoms with Gasteiger partial charge in [-0.15, -0.1) is 0 Å². The average molecular weight is 250 g/mol. The zero-order chi connectivity index (χ0) is 13.2. The van der Waals surface area contributed by atoms with Crippen molar-refractivity contribution in [2.45, 2.75) is 44.7 Å². The van der Waals surface area contributed by atoms with E-state index in [9.17, 15) is 0 Å². The number of hydrogen-bond acceptors (Lipinski definition) is 3. The molecule has 4 heteroatoms. The summed E-state index contributed by atoms with van der Waals surface area (Å²) in [5.74, 6) is 0. The molecule has 1 N–H and O–H groups in total. The predicted octanol–water partition coefficient (Wildman–Crippen LogP) is 1.95. The first-order valence-corrected chi connectivity index (χ1v) is 7.03. The van der Waals surface area contributed by atoms with E-state index < -0.39 is 0 Å². The summed E-state index contributed by atoms with van der Waals surface area (Å²) in [5.41, 5.74) is 1.30. The molecule has 2 atom stereocenters. The summed E-state index contributed by atoms with van der Waals surface area (Å²) in [6.07, 6.45) is 5.82. The van der Waals surface area contributed by atoms with Crippen molar-refractivity contribution in [1.82, 2.24) is 20.0 Å². The molecule has 4 nitrogen and oxygen atoms in total. The van der Waals surface area contributed by atoms with Gasteiger partial charge in [0.2, 0.25) is 0 Å². The SMILES string of the molecule is CCC(C)(C(NC)c1ccn(C)n1)N1CCCC1. The Morgan fingerprint density at radius 1 is 1.44 bits per heavy atom. The number of nitrogens with one attached hydrogen (secondary N) is 1. The third kappa shape index (κ3) is 2.31. The van der Waals surface area contributed by atoms with Crippen LogP contribution in [0.2, 0.25) is 0 Å². The van der Waals surface area contributed by atoms with Crippen LogP contribution in [0.1, 0.15) is 44.8 Å². The van der Waals surface area contributed by atoms with E-state index in [1.54, 1.807) is 0 Å². The van der Waals surface area contributed by atoms with Crippen LogP contribution in [0.25, 0.3) is 0 Å². The monoisotopic (exact) mass is 250 g/mol. The van der Waals surface area contributed by atoms with Crippen LogP contribution < -0.4 is 5.32 Å². The highest BCUT2D eigenvalue weighted by atomic mass is 15.3. The smallest absolute Gasteiger partial charge is 0.0812 e. The first kappa shape index (κ1) is 13.6. The van der Waals surface area contributed by atoms with Gasteiger partial charge in [-0.2, -0.15) is 5.10 Å². The molecular weight excluding hydrogens is 224 g/mol. The van der Waals surface area contributed by atoms with Crippen molar-refractivity contribution >= 4 is 0 Å². The van der Waals surface area contributed by atoms with Crippen molar-refractivity contribution in [1.29, 1.82) is 0 Å². The molecule has 0 spiro atoms. The summed E-state index contributed by atoms with van der Waals surface area (Å²) in [4.78, 5) is 2.63. The third-order valence-corrected chi connectivity index (χ3v) is 4.48. The molecule has 0 radical (unpaired) electrons. The minimum atomic E-state index is 0.152. The zero-order valence-corrected chi connectivity index (χ0v) is 12.1. The fraction of sp³-hybridized carbons (Fsp3) is 0.786. The lowest BCUT2D eigenvalue weighted by Gasteiger charge is -2.43. The Balaban J connectivity index is 2.27. The van der Waals surface area contributed by atoms with Crippen LogP contribution in [0.5, 0.6) is 0 Å². The molecule has 2 rings (SSSR count). The second-order valence-electron chi connectivity index (χ2n) is 5.54. The van der Waals surface area contributed by atoms with Crippen molar-refractivity contribution < 1.29 is 0 Å². The number of likely N-dealkylation sites (tertiary alicyclic amines) is 1. The molecule has 1 fully saturated rings. The van der Waals surface area contributed by atoms with E-state index >= 15 is 0 Å². The van der Waals surface area contributed by atoms with E-state index in [0.29, 0.717) is 6.04 Å². The van der Waals surface area contributed by atoms with Crippen LogP contribution in [0.3, 0.4) is 0 Å². The molecular formula is C14H26N4. The number of hydrogen-bond donors (Lipinski definition) is 1. The largest absolute Gasteiger partial charge is 0.310 e. The first-order chi connectivity index (χ1) is 8.61. The first-order valence-electron chi connectivity index (χ1n) is 7.03. The van der Waals surface area contributed by atoms with E-state index in [2.05, 4.69) is 35.2 Å². The fourth-order valence-corrected chi connectivity index (χ4v) is 3.20. The zero-order valence-electron chi connectivity index (χ0n) is 12.1. The number of likely N-dealkylation sites (N-methyl/N-ethyl adjacent to an activating group) is 1. The van der Waals surface area contributed by atoms with Gasteiger partial charge in [0.15, 0.2) is 0 Å². The Kier molecular flexibility index (Phi) is 4.07. The van der Waals surface area contributed by atoms with Crippen molar-refractivity contribution in [3.05, 3.63) is 18.0 Å². The highest BCUT2D eigenvalue weighted by Crippen LogP contribution is 2.35. The molecule has 1 aromatic rings. The van der Waals surface area contributed by atoms with E-state index in [1.807, 2.05) is 25.0 Å². The van der Waals surface area contributed by atoms with Crippen LogP contribution in [0.4, 0.5) is 0 Å². The second kappa shape index (κ2) is 5.41. The molecule has 2 unspecified atom stereocenters. The molecule has 1 aliphatic heterocycles. The second-order valence-corrected chi connectivity index (χ2v) is 5.54. The van der Waals surface area contributed by atoms with E-state index in [0.717, 1.165) is 12.1 Å². The number of aromatic nitrogens is 2. The van der Waals surface area contributed by atoms with Gasteiger partial charge in [0.25, 0.3) is 0 Å². The normalized spacial score (nSPS) is 22.0. The summed E-state index contributed by atoms with van der Waals surface area (Å²) in [5, 5.41) is 8.08. The van der Waals surface area contributed by atoms with Crippen molar-refractivity contribution in [3.63, 3.8) is 0 Å². The lowest BCUT2D eigenvalue weighted by molar-refractivity contribution is 0.0854. The Morgan fingerprint density at radius 2 is 2.11 bits per heavy atom. The molecule has 0 amide bonds. The topological polar surface area (TPSA) is 33.1 Å². The van der Waals surface area contributed by atoms with Crippen molar-refractivity contribution in [2.75, 3.05) is 20.1 Å². The van der Waals surface area contributed by atoms with Crippen LogP contribution in [0, 0.1) is 0 Å². The highest BCUT2D eigenvalue weighted by Gasteiger charge is 2.40. The molecule has 0 aliphatic carbocycles. The minimum absolute atomic E-state index is 0.152. The van der Waals surface area contributed by atoms with Gasteiger partial charge in [-0.1, -0.05) is 6.92 Å². The molecule has 2 heterocycles. The van der Waals surface area contributed by atoms with E-state index in [1.165, 1.54) is 25.9 Å². The molecule has 1 aliphatic rings. The van der Waals surface area contributed by atoms with E-state index in [4.69, 9.17) is 0 Å². The minimum Gasteiger partial charge on any atom is -0.310 e. The standard InChI is InChI=1S/C14H26N4/c1-5-14(2,18-9-6-7-10-18)13(15-3)12-8-11-17(4)16-12/h8,11,13,15H,5-7,9-10H2,1-4H3. The van der Waals surface area contributed by atoms with E-state index in [-0.39, 0.29) is 5.54 Å². The van der Waals surface area contributed by atoms with Gasteiger partial charge in [0.05, 0.1) is 11.7 Å². The Bertz CT molecular complexity index is 381. The molecule has 18 heavy (non-hydrogen) atoms. The summed E-state index contributed by atoms with van der Waals surface area (Å²) in [6, 6.07) is 2.42. The van der Waals surface area contributed by atoms with Gasteiger partial charge in [0, 0.05) is 18.8 Å². The van der Waals surface area contributed by atoms with Crippen LogP contribution in [0.15, 0.2) is 12.3 Å². The average Bonchev–Trinajstić information content (AvgIpc) is 3.01. The lowest BCUT2D eigenvalue weighted by atomic mass is 9.85. The summed E-state index contributed by atoms with van der Waals surface area (Å²) >= 11 is 0. The summed E-state index contributed by atoms with van der Waals surface area (Å²) in [6.45, 7) is 7.09. The lowest BCUT2D eigenvalue weighted by Crippen LogP contribution is -2.52. The van der Waals surface area contributed by atoms with Crippen LogP contribution in [-0.4, -0.2) is 40.4 Å². The van der Waals surface area contributed by atoms with Gasteiger partial charge < -0.3 is 5.32 Å². The van der Waals surface area contributed by atoms with Crippen molar-refractivity contribution in [3.8, 4) is 0 Å². The number of rotatable bonds is 5. The summed E-state index contributed by atoms with van der Waals surface area (Å²) < 4.78 is 1.89. The number of aryl methyl sites for hydroxylation is 1. The Morgan fingerprint density at radius 3 is 2.56 bits per heavy atom. The Hall–Kier alpha value is -0.870. The van der Waals surface area contributed by atoms with Gasteiger partial charge in [-0.05, 0) is 52.4 Å². The quantitative estimate of drug-likeness (QED) is 0.867.